The molecule has 8 heteroatoms. The van der Waals surface area contributed by atoms with Crippen LogP contribution < -0.4 is 9.62 Å². The molecule has 0 fully saturated rings. The number of halogens is 2. The van der Waals surface area contributed by atoms with E-state index in [1.165, 1.54) is 12.1 Å². The highest BCUT2D eigenvalue weighted by Crippen LogP contribution is 2.29. The first-order valence-corrected chi connectivity index (χ1v) is 12.0. The lowest BCUT2D eigenvalue weighted by atomic mass is 10.2. The van der Waals surface area contributed by atoms with E-state index < -0.39 is 15.9 Å². The summed E-state index contributed by atoms with van der Waals surface area (Å²) in [5.41, 5.74) is 2.60. The van der Waals surface area contributed by atoms with Gasteiger partial charge in [0.15, 0.2) is 0 Å². The van der Waals surface area contributed by atoms with Crippen molar-refractivity contribution in [3.63, 3.8) is 0 Å². The fourth-order valence-electron chi connectivity index (χ4n) is 3.01. The Morgan fingerprint density at radius 1 is 1.00 bits per heavy atom. The van der Waals surface area contributed by atoms with Gasteiger partial charge in [-0.15, -0.1) is 0 Å². The van der Waals surface area contributed by atoms with E-state index in [4.69, 9.17) is 11.6 Å². The van der Waals surface area contributed by atoms with Gasteiger partial charge in [0.25, 0.3) is 10.0 Å². The number of aryl methyl sites for hydroxylation is 2. The predicted molar refractivity (Wildman–Crippen MR) is 130 cm³/mol. The molecule has 0 unspecified atom stereocenters. The summed E-state index contributed by atoms with van der Waals surface area (Å²) in [6.45, 7) is 3.28. The van der Waals surface area contributed by atoms with Gasteiger partial charge in [-0.1, -0.05) is 29.8 Å². The number of carbonyl (C=O) groups excluding carboxylic acids is 1. The fraction of sp³-hybridized carbons (Fsp3) is 0.136. The minimum absolute atomic E-state index is 0.109. The average molecular weight is 555 g/mol. The lowest BCUT2D eigenvalue weighted by Crippen LogP contribution is -2.38. The first-order chi connectivity index (χ1) is 14.2. The molecule has 0 spiro atoms. The number of amides is 1. The molecule has 0 atom stereocenters. The summed E-state index contributed by atoms with van der Waals surface area (Å²) in [6, 6.07) is 18.6. The van der Waals surface area contributed by atoms with Crippen molar-refractivity contribution >= 4 is 61.5 Å². The zero-order valence-electron chi connectivity index (χ0n) is 16.4. The number of benzene rings is 3. The lowest BCUT2D eigenvalue weighted by molar-refractivity contribution is -0.114. The molecule has 3 rings (SSSR count). The number of hydrogen-bond donors (Lipinski definition) is 1. The largest absolute Gasteiger partial charge is 0.324 e. The molecule has 0 saturated carbocycles. The van der Waals surface area contributed by atoms with Crippen molar-refractivity contribution in [3.8, 4) is 0 Å². The van der Waals surface area contributed by atoms with E-state index in [-0.39, 0.29) is 11.4 Å². The Labute approximate surface area is 195 Å². The first kappa shape index (κ1) is 22.6. The van der Waals surface area contributed by atoms with Gasteiger partial charge in [-0.25, -0.2) is 8.42 Å². The van der Waals surface area contributed by atoms with Crippen molar-refractivity contribution in [2.75, 3.05) is 16.2 Å². The summed E-state index contributed by atoms with van der Waals surface area (Å²) >= 11 is 8.24. The summed E-state index contributed by atoms with van der Waals surface area (Å²) in [4.78, 5) is 13.0. The van der Waals surface area contributed by atoms with E-state index in [0.29, 0.717) is 22.0 Å². The van der Waals surface area contributed by atoms with Crippen molar-refractivity contribution in [3.05, 3.63) is 86.4 Å². The van der Waals surface area contributed by atoms with Crippen molar-refractivity contribution in [2.24, 2.45) is 0 Å². The van der Waals surface area contributed by atoms with Crippen LogP contribution in [0.1, 0.15) is 11.1 Å². The molecular weight excluding hydrogens is 535 g/mol. The van der Waals surface area contributed by atoms with Crippen LogP contribution in [0, 0.1) is 17.4 Å². The molecule has 30 heavy (non-hydrogen) atoms. The van der Waals surface area contributed by atoms with Crippen LogP contribution in [0.2, 0.25) is 5.02 Å². The van der Waals surface area contributed by atoms with Gasteiger partial charge in [0.05, 0.1) is 10.6 Å². The normalized spacial score (nSPS) is 11.2. The molecule has 0 aromatic heterocycles. The molecule has 5 nitrogen and oxygen atoms in total. The molecule has 0 aliphatic carbocycles. The number of hydrogen-bond acceptors (Lipinski definition) is 3. The fourth-order valence-corrected chi connectivity index (χ4v) is 5.39. The molecule has 3 aromatic rings. The maximum atomic E-state index is 13.4. The second-order valence-electron chi connectivity index (χ2n) is 6.76. The van der Waals surface area contributed by atoms with Gasteiger partial charge in [-0.3, -0.25) is 9.10 Å². The van der Waals surface area contributed by atoms with E-state index in [0.717, 1.165) is 13.4 Å². The first-order valence-electron chi connectivity index (χ1n) is 9.08. The van der Waals surface area contributed by atoms with E-state index >= 15 is 0 Å². The SMILES string of the molecule is Cc1cc(I)ccc1NC(=O)CN(c1ccc(Cl)cc1C)S(=O)(=O)c1ccccc1. The Hall–Kier alpha value is -2.10. The Morgan fingerprint density at radius 3 is 2.33 bits per heavy atom. The van der Waals surface area contributed by atoms with Gasteiger partial charge in [0.2, 0.25) is 5.91 Å². The van der Waals surface area contributed by atoms with Crippen LogP contribution in [0.25, 0.3) is 0 Å². The van der Waals surface area contributed by atoms with E-state index in [9.17, 15) is 13.2 Å². The van der Waals surface area contributed by atoms with Crippen LogP contribution >= 0.6 is 34.2 Å². The molecule has 1 N–H and O–H groups in total. The molecule has 0 bridgehead atoms. The Kier molecular flexibility index (Phi) is 7.05. The zero-order valence-corrected chi connectivity index (χ0v) is 20.1. The highest BCUT2D eigenvalue weighted by Gasteiger charge is 2.28. The molecule has 0 radical (unpaired) electrons. The van der Waals surface area contributed by atoms with Crippen molar-refractivity contribution in [1.82, 2.24) is 0 Å². The Morgan fingerprint density at radius 2 is 1.70 bits per heavy atom. The molecule has 0 aliphatic rings. The van der Waals surface area contributed by atoms with Crippen LogP contribution in [0.15, 0.2) is 71.6 Å². The second-order valence-corrected chi connectivity index (χ2v) is 10.3. The monoisotopic (exact) mass is 554 g/mol. The average Bonchev–Trinajstić information content (AvgIpc) is 2.69. The number of carbonyl (C=O) groups is 1. The van der Waals surface area contributed by atoms with Gasteiger partial charge < -0.3 is 5.32 Å². The quantitative estimate of drug-likeness (QED) is 0.415. The molecule has 0 aliphatic heterocycles. The maximum Gasteiger partial charge on any atom is 0.264 e. The van der Waals surface area contributed by atoms with E-state index in [1.807, 2.05) is 19.1 Å². The minimum Gasteiger partial charge on any atom is -0.324 e. The molecule has 156 valence electrons. The standard InChI is InChI=1S/C22H20ClIN2O3S/c1-15-13-18(24)9-10-20(15)25-22(27)14-26(21-11-8-17(23)12-16(21)2)30(28,29)19-6-4-3-5-7-19/h3-13H,14H2,1-2H3,(H,25,27). The van der Waals surface area contributed by atoms with Gasteiger partial charge in [-0.05, 0) is 96.1 Å². The number of nitrogens with zero attached hydrogens (tertiary/aromatic N) is 1. The lowest BCUT2D eigenvalue weighted by Gasteiger charge is -2.26. The third-order valence-electron chi connectivity index (χ3n) is 4.51. The number of sulfonamides is 1. The van der Waals surface area contributed by atoms with Crippen LogP contribution in [0.5, 0.6) is 0 Å². The summed E-state index contributed by atoms with van der Waals surface area (Å²) in [6.07, 6.45) is 0. The van der Waals surface area contributed by atoms with Crippen molar-refractivity contribution < 1.29 is 13.2 Å². The summed E-state index contributed by atoms with van der Waals surface area (Å²) in [5.74, 6) is -0.437. The van der Waals surface area contributed by atoms with Crippen LogP contribution in [0.4, 0.5) is 11.4 Å². The number of rotatable bonds is 6. The van der Waals surface area contributed by atoms with Crippen molar-refractivity contribution in [1.29, 1.82) is 0 Å². The van der Waals surface area contributed by atoms with Gasteiger partial charge in [0.1, 0.15) is 6.54 Å². The molecule has 1 amide bonds. The van der Waals surface area contributed by atoms with E-state index in [1.54, 1.807) is 49.4 Å². The summed E-state index contributed by atoms with van der Waals surface area (Å²) < 4.78 is 28.9. The highest BCUT2D eigenvalue weighted by molar-refractivity contribution is 14.1. The van der Waals surface area contributed by atoms with Gasteiger partial charge in [0, 0.05) is 14.3 Å². The van der Waals surface area contributed by atoms with Crippen LogP contribution in [-0.4, -0.2) is 20.9 Å². The zero-order chi connectivity index (χ0) is 21.9. The molecule has 0 saturated heterocycles. The van der Waals surface area contributed by atoms with Crippen LogP contribution in [-0.2, 0) is 14.8 Å². The van der Waals surface area contributed by atoms with Gasteiger partial charge in [-0.2, -0.15) is 0 Å². The Balaban J connectivity index is 1.98. The third-order valence-corrected chi connectivity index (χ3v) is 7.19. The summed E-state index contributed by atoms with van der Waals surface area (Å²) in [7, 11) is -3.97. The highest BCUT2D eigenvalue weighted by atomic mass is 127. The minimum atomic E-state index is -3.97. The topological polar surface area (TPSA) is 66.5 Å². The number of nitrogens with one attached hydrogen (secondary N) is 1. The van der Waals surface area contributed by atoms with Crippen LogP contribution in [0.3, 0.4) is 0 Å². The summed E-state index contributed by atoms with van der Waals surface area (Å²) in [5, 5.41) is 3.31. The smallest absolute Gasteiger partial charge is 0.264 e. The molecule has 3 aromatic carbocycles. The third kappa shape index (κ3) is 5.14. The van der Waals surface area contributed by atoms with Crippen molar-refractivity contribution in [2.45, 2.75) is 18.7 Å². The molecule has 0 heterocycles. The second kappa shape index (κ2) is 9.36. The Bertz CT molecular complexity index is 1180. The predicted octanol–water partition coefficient (Wildman–Crippen LogP) is 5.40. The maximum absolute atomic E-state index is 13.4. The molecular formula is C22H20ClIN2O3S. The van der Waals surface area contributed by atoms with Gasteiger partial charge >= 0.3 is 0 Å². The van der Waals surface area contributed by atoms with E-state index in [2.05, 4.69) is 27.9 Å². The number of anilines is 2.